The lowest BCUT2D eigenvalue weighted by Crippen LogP contribution is -2.14. The van der Waals surface area contributed by atoms with Crippen LogP contribution in [0, 0.1) is 11.8 Å². The predicted octanol–water partition coefficient (Wildman–Crippen LogP) is 7.97. The van der Waals surface area contributed by atoms with E-state index in [2.05, 4.69) is 18.3 Å². The van der Waals surface area contributed by atoms with Gasteiger partial charge in [0, 0.05) is 35.6 Å². The number of anilines is 1. The molecule has 4 rings (SSSR count). The smallest absolute Gasteiger partial charge is 0.224 e. The first kappa shape index (κ1) is 28.9. The summed E-state index contributed by atoms with van der Waals surface area (Å²) < 4.78 is 11.5. The second-order valence-electron chi connectivity index (χ2n) is 10.9. The summed E-state index contributed by atoms with van der Waals surface area (Å²) >= 11 is 0. The van der Waals surface area contributed by atoms with E-state index >= 15 is 0 Å². The fourth-order valence-corrected chi connectivity index (χ4v) is 5.74. The topological polar surface area (TPSA) is 88.8 Å². The summed E-state index contributed by atoms with van der Waals surface area (Å²) in [5.74, 6) is 1.26. The van der Waals surface area contributed by atoms with E-state index in [-0.39, 0.29) is 17.7 Å². The second kappa shape index (κ2) is 14.3. The second-order valence-corrected chi connectivity index (χ2v) is 10.9. The Labute approximate surface area is 231 Å². The quantitative estimate of drug-likeness (QED) is 0.153. The molecule has 0 bridgehead atoms. The highest BCUT2D eigenvalue weighted by atomic mass is 16.5. The Kier molecular flexibility index (Phi) is 10.6. The van der Waals surface area contributed by atoms with E-state index in [1.165, 1.54) is 0 Å². The van der Waals surface area contributed by atoms with Crippen LogP contribution < -0.4 is 10.1 Å². The van der Waals surface area contributed by atoms with Crippen molar-refractivity contribution in [2.24, 2.45) is 11.8 Å². The third-order valence-corrected chi connectivity index (χ3v) is 7.98. The van der Waals surface area contributed by atoms with Crippen LogP contribution in [0.3, 0.4) is 0 Å². The first-order valence-electron chi connectivity index (χ1n) is 14.7. The molecular formula is C33H43NO5. The Hall–Kier alpha value is -3.12. The van der Waals surface area contributed by atoms with E-state index < -0.39 is 6.10 Å². The number of allylic oxidation sites excluding steroid dienone is 1. The van der Waals surface area contributed by atoms with Gasteiger partial charge in [0.25, 0.3) is 0 Å². The van der Waals surface area contributed by atoms with Gasteiger partial charge in [-0.25, -0.2) is 0 Å². The highest BCUT2D eigenvalue weighted by Gasteiger charge is 2.32. The molecule has 2 N–H and O–H groups in total. The summed E-state index contributed by atoms with van der Waals surface area (Å²) in [4.78, 5) is 25.1. The maximum Gasteiger partial charge on any atom is 0.224 e. The van der Waals surface area contributed by atoms with Crippen molar-refractivity contribution < 1.29 is 23.8 Å². The van der Waals surface area contributed by atoms with Gasteiger partial charge in [0.1, 0.15) is 22.7 Å². The molecule has 1 fully saturated rings. The van der Waals surface area contributed by atoms with Crippen molar-refractivity contribution in [2.75, 3.05) is 12.4 Å². The summed E-state index contributed by atoms with van der Waals surface area (Å²) in [7, 11) is 1.60. The van der Waals surface area contributed by atoms with Crippen molar-refractivity contribution in [2.45, 2.75) is 90.1 Å². The number of fused-ring (bicyclic) bond motifs is 3. The molecule has 0 spiro atoms. The number of aliphatic hydroxyl groups excluding tert-OH is 1. The van der Waals surface area contributed by atoms with E-state index in [0.29, 0.717) is 35.6 Å². The molecule has 6 heteroatoms. The number of rotatable bonds is 15. The lowest BCUT2D eigenvalue weighted by atomic mass is 9.89. The number of unbranched alkanes of at least 4 members (excludes halogenated alkanes) is 5. The Morgan fingerprint density at radius 2 is 1.92 bits per heavy atom. The molecule has 3 atom stereocenters. The standard InChI is InChI=1S/C33H43NO5/c1-3-4-7-12-24(35)19-17-23-18-20-29(36)25(23)13-8-5-6-9-16-33(37)34-28-22-31-27(21-32(28)38-2)26-14-10-11-15-30(26)39-31/h10-11,14-15,17,19,21-25,35H,3-9,12-13,16,18,20H2,1-2H3,(H,34,37)/t23-,24-,25-/m1/s1. The average molecular weight is 534 g/mol. The number of furan rings is 1. The first-order chi connectivity index (χ1) is 19.0. The SMILES string of the molecule is CCCCC[C@@H](O)C=C[C@@H]1CCC(=O)[C@@H]1CCCCCCC(=O)Nc1cc2oc3ccccc3c2cc1OC. The number of ketones is 1. The maximum absolute atomic E-state index is 12.7. The van der Waals surface area contributed by atoms with Gasteiger partial charge < -0.3 is 19.6 Å². The molecule has 1 amide bonds. The molecule has 1 aromatic heterocycles. The third kappa shape index (κ3) is 7.72. The molecule has 0 aliphatic heterocycles. The molecule has 1 heterocycles. The molecule has 39 heavy (non-hydrogen) atoms. The zero-order valence-corrected chi connectivity index (χ0v) is 23.4. The fourth-order valence-electron chi connectivity index (χ4n) is 5.74. The summed E-state index contributed by atoms with van der Waals surface area (Å²) in [5.41, 5.74) is 2.14. The minimum Gasteiger partial charge on any atom is -0.495 e. The highest BCUT2D eigenvalue weighted by Crippen LogP contribution is 2.37. The average Bonchev–Trinajstić information content (AvgIpc) is 3.48. The van der Waals surface area contributed by atoms with Crippen LogP contribution in [-0.2, 0) is 9.59 Å². The van der Waals surface area contributed by atoms with Crippen LogP contribution in [0.2, 0.25) is 0 Å². The van der Waals surface area contributed by atoms with E-state index in [4.69, 9.17) is 9.15 Å². The largest absolute Gasteiger partial charge is 0.495 e. The monoisotopic (exact) mass is 533 g/mol. The number of methoxy groups -OCH3 is 1. The van der Waals surface area contributed by atoms with Gasteiger partial charge in [0.05, 0.1) is 18.9 Å². The van der Waals surface area contributed by atoms with Crippen LogP contribution >= 0.6 is 0 Å². The number of para-hydroxylation sites is 1. The van der Waals surface area contributed by atoms with E-state index in [0.717, 1.165) is 80.6 Å². The van der Waals surface area contributed by atoms with Crippen LogP contribution in [0.1, 0.15) is 84.0 Å². The number of Topliss-reactive ketones (excluding diaryl/α,β-unsaturated/α-hetero) is 1. The fraction of sp³-hybridized carbons (Fsp3) is 0.515. The van der Waals surface area contributed by atoms with Crippen molar-refractivity contribution in [3.8, 4) is 5.75 Å². The Morgan fingerprint density at radius 1 is 1.10 bits per heavy atom. The molecule has 1 aliphatic rings. The zero-order chi connectivity index (χ0) is 27.6. The van der Waals surface area contributed by atoms with Gasteiger partial charge in [0.15, 0.2) is 0 Å². The Bertz CT molecular complexity index is 1280. The molecular weight excluding hydrogens is 490 g/mol. The first-order valence-corrected chi connectivity index (χ1v) is 14.7. The van der Waals surface area contributed by atoms with E-state index in [1.807, 2.05) is 42.5 Å². The lowest BCUT2D eigenvalue weighted by molar-refractivity contribution is -0.121. The zero-order valence-electron chi connectivity index (χ0n) is 23.4. The summed E-state index contributed by atoms with van der Waals surface area (Å²) in [6, 6.07) is 11.6. The maximum atomic E-state index is 12.7. The van der Waals surface area contributed by atoms with Gasteiger partial charge in [-0.1, -0.05) is 75.8 Å². The number of amides is 1. The number of hydrogen-bond donors (Lipinski definition) is 2. The van der Waals surface area contributed by atoms with Crippen LogP contribution in [-0.4, -0.2) is 30.0 Å². The number of nitrogens with one attached hydrogen (secondary N) is 1. The van der Waals surface area contributed by atoms with Crippen molar-refractivity contribution in [1.29, 1.82) is 0 Å². The molecule has 1 saturated carbocycles. The number of benzene rings is 2. The molecule has 3 aromatic rings. The number of carbonyl (C=O) groups is 2. The van der Waals surface area contributed by atoms with Gasteiger partial charge in [-0.15, -0.1) is 0 Å². The van der Waals surface area contributed by atoms with Crippen molar-refractivity contribution >= 4 is 39.3 Å². The predicted molar refractivity (Wildman–Crippen MR) is 157 cm³/mol. The highest BCUT2D eigenvalue weighted by molar-refractivity contribution is 6.07. The van der Waals surface area contributed by atoms with Crippen LogP contribution in [0.25, 0.3) is 21.9 Å². The molecule has 1 aliphatic carbocycles. The summed E-state index contributed by atoms with van der Waals surface area (Å²) in [5, 5.41) is 15.2. The summed E-state index contributed by atoms with van der Waals surface area (Å²) in [6.07, 6.45) is 14.3. The number of aliphatic hydroxyl groups is 1. The Balaban J connectivity index is 1.19. The van der Waals surface area contributed by atoms with Crippen molar-refractivity contribution in [3.05, 3.63) is 48.6 Å². The number of hydrogen-bond acceptors (Lipinski definition) is 5. The van der Waals surface area contributed by atoms with Crippen molar-refractivity contribution in [3.63, 3.8) is 0 Å². The van der Waals surface area contributed by atoms with Gasteiger partial charge in [-0.3, -0.25) is 9.59 Å². The van der Waals surface area contributed by atoms with Crippen molar-refractivity contribution in [1.82, 2.24) is 0 Å². The van der Waals surface area contributed by atoms with E-state index in [9.17, 15) is 14.7 Å². The molecule has 0 saturated heterocycles. The van der Waals surface area contributed by atoms with Crippen LogP contribution in [0.5, 0.6) is 5.75 Å². The molecule has 6 nitrogen and oxygen atoms in total. The number of carbonyl (C=O) groups excluding carboxylic acids is 2. The van der Waals surface area contributed by atoms with Crippen LogP contribution in [0.4, 0.5) is 5.69 Å². The van der Waals surface area contributed by atoms with Crippen LogP contribution in [0.15, 0.2) is 53.0 Å². The molecule has 0 radical (unpaired) electrons. The molecule has 0 unspecified atom stereocenters. The summed E-state index contributed by atoms with van der Waals surface area (Å²) in [6.45, 7) is 2.16. The van der Waals surface area contributed by atoms with Gasteiger partial charge in [-0.2, -0.15) is 0 Å². The normalized spacial score (nSPS) is 18.4. The molecule has 2 aromatic carbocycles. The van der Waals surface area contributed by atoms with E-state index in [1.54, 1.807) is 7.11 Å². The van der Waals surface area contributed by atoms with Gasteiger partial charge >= 0.3 is 0 Å². The number of ether oxygens (including phenoxy) is 1. The van der Waals surface area contributed by atoms with Gasteiger partial charge in [-0.05, 0) is 43.7 Å². The minimum absolute atomic E-state index is 0.0440. The Morgan fingerprint density at radius 3 is 2.74 bits per heavy atom. The third-order valence-electron chi connectivity index (χ3n) is 7.98. The molecule has 210 valence electrons. The van der Waals surface area contributed by atoms with Gasteiger partial charge in [0.2, 0.25) is 5.91 Å². The lowest BCUT2D eigenvalue weighted by Gasteiger charge is -2.15. The minimum atomic E-state index is -0.403.